The van der Waals surface area contributed by atoms with Gasteiger partial charge >= 0.3 is 0 Å². The highest BCUT2D eigenvalue weighted by molar-refractivity contribution is 7.93. The average Bonchev–Trinajstić information content (AvgIpc) is 2.61. The summed E-state index contributed by atoms with van der Waals surface area (Å²) in [6.45, 7) is 10.9. The lowest BCUT2D eigenvalue weighted by atomic mass is 10.2. The van der Waals surface area contributed by atoms with Crippen LogP contribution >= 0.6 is 0 Å². The molecule has 2 rings (SSSR count). The van der Waals surface area contributed by atoms with Crippen LogP contribution in [0.5, 0.6) is 0 Å². The van der Waals surface area contributed by atoms with Gasteiger partial charge in [0.25, 0.3) is 0 Å². The average molecular weight is 375 g/mol. The first-order valence-corrected chi connectivity index (χ1v) is 9.52. The molecule has 0 aliphatic heterocycles. The predicted molar refractivity (Wildman–Crippen MR) is 104 cm³/mol. The van der Waals surface area contributed by atoms with Crippen molar-refractivity contribution < 1.29 is 8.42 Å². The van der Waals surface area contributed by atoms with Crippen LogP contribution in [0.1, 0.15) is 50.5 Å². The Labute approximate surface area is 155 Å². The van der Waals surface area contributed by atoms with Crippen molar-refractivity contribution in [2.45, 2.75) is 41.5 Å². The van der Waals surface area contributed by atoms with E-state index in [4.69, 9.17) is 5.14 Å². The SMILES string of the molecule is C/C(=C(\C)S(N)(=O)=O)c1ncc(C)cn1.C/C=C(/C)c1ncc(C)cn1. The molecular formula is C18H25N5O2S. The fourth-order valence-corrected chi connectivity index (χ4v) is 2.20. The first kappa shape index (κ1) is 21.6. The maximum Gasteiger partial charge on any atom is 0.234 e. The van der Waals surface area contributed by atoms with Gasteiger partial charge in [0.1, 0.15) is 0 Å². The van der Waals surface area contributed by atoms with Gasteiger partial charge in [0.15, 0.2) is 11.6 Å². The summed E-state index contributed by atoms with van der Waals surface area (Å²) in [5.41, 5.74) is 3.60. The summed E-state index contributed by atoms with van der Waals surface area (Å²) >= 11 is 0. The second-order valence-electron chi connectivity index (χ2n) is 5.87. The van der Waals surface area contributed by atoms with E-state index in [0.29, 0.717) is 11.4 Å². The molecule has 0 saturated heterocycles. The third-order valence-corrected chi connectivity index (χ3v) is 4.80. The number of rotatable bonds is 3. The molecule has 140 valence electrons. The van der Waals surface area contributed by atoms with Crippen molar-refractivity contribution in [3.05, 3.63) is 58.5 Å². The van der Waals surface area contributed by atoms with Crippen LogP contribution in [0.25, 0.3) is 11.1 Å². The number of sulfonamides is 1. The van der Waals surface area contributed by atoms with E-state index in [0.717, 1.165) is 22.5 Å². The summed E-state index contributed by atoms with van der Waals surface area (Å²) in [5, 5.41) is 5.01. The number of hydrogen-bond acceptors (Lipinski definition) is 6. The minimum Gasteiger partial charge on any atom is -0.237 e. The summed E-state index contributed by atoms with van der Waals surface area (Å²) < 4.78 is 22.2. The zero-order valence-electron chi connectivity index (χ0n) is 16.0. The molecule has 7 nitrogen and oxygen atoms in total. The monoisotopic (exact) mass is 375 g/mol. The van der Waals surface area contributed by atoms with Crippen molar-refractivity contribution in [1.29, 1.82) is 0 Å². The van der Waals surface area contributed by atoms with Crippen LogP contribution in [0.4, 0.5) is 0 Å². The van der Waals surface area contributed by atoms with E-state index in [1.165, 1.54) is 6.92 Å². The quantitative estimate of drug-likeness (QED) is 0.882. The molecule has 0 aromatic carbocycles. The molecule has 26 heavy (non-hydrogen) atoms. The normalized spacial score (nSPS) is 12.8. The number of nitrogens with two attached hydrogens (primary N) is 1. The second kappa shape index (κ2) is 9.30. The first-order valence-electron chi connectivity index (χ1n) is 7.97. The number of primary sulfonamides is 1. The van der Waals surface area contributed by atoms with E-state index in [1.54, 1.807) is 19.3 Å². The van der Waals surface area contributed by atoms with Gasteiger partial charge in [-0.05, 0) is 58.2 Å². The van der Waals surface area contributed by atoms with Gasteiger partial charge in [-0.1, -0.05) is 6.08 Å². The van der Waals surface area contributed by atoms with Gasteiger partial charge in [-0.25, -0.2) is 33.5 Å². The second-order valence-corrected chi connectivity index (χ2v) is 7.57. The highest BCUT2D eigenvalue weighted by Crippen LogP contribution is 2.16. The number of hydrogen-bond donors (Lipinski definition) is 1. The first-order chi connectivity index (χ1) is 12.1. The van der Waals surface area contributed by atoms with Crippen LogP contribution in [-0.2, 0) is 10.0 Å². The lowest BCUT2D eigenvalue weighted by molar-refractivity contribution is 0.603. The Balaban J connectivity index is 0.000000273. The Bertz CT molecular complexity index is 900. The summed E-state index contributed by atoms with van der Waals surface area (Å²) in [6.07, 6.45) is 8.92. The molecule has 0 aliphatic carbocycles. The van der Waals surface area contributed by atoms with Crippen LogP contribution in [-0.4, -0.2) is 28.4 Å². The van der Waals surface area contributed by atoms with Crippen molar-refractivity contribution in [3.8, 4) is 0 Å². The molecule has 2 aromatic rings. The molecule has 0 aliphatic rings. The summed E-state index contributed by atoms with van der Waals surface area (Å²) in [4.78, 5) is 16.5. The molecule has 2 heterocycles. The van der Waals surface area contributed by atoms with E-state index < -0.39 is 10.0 Å². The van der Waals surface area contributed by atoms with Crippen molar-refractivity contribution in [1.82, 2.24) is 19.9 Å². The van der Waals surface area contributed by atoms with Gasteiger partial charge in [-0.2, -0.15) is 0 Å². The fraction of sp³-hybridized carbons (Fsp3) is 0.333. The van der Waals surface area contributed by atoms with Crippen molar-refractivity contribution in [2.75, 3.05) is 0 Å². The molecule has 0 bridgehead atoms. The summed E-state index contributed by atoms with van der Waals surface area (Å²) in [6, 6.07) is 0. The molecule has 0 saturated carbocycles. The lowest BCUT2D eigenvalue weighted by Gasteiger charge is -2.04. The maximum atomic E-state index is 11.1. The fourth-order valence-electron chi connectivity index (χ4n) is 1.68. The van der Waals surface area contributed by atoms with Gasteiger partial charge in [0, 0.05) is 30.4 Å². The zero-order valence-corrected chi connectivity index (χ0v) is 16.8. The number of aromatic nitrogens is 4. The number of nitrogens with zero attached hydrogens (tertiary/aromatic N) is 4. The molecular weight excluding hydrogens is 350 g/mol. The predicted octanol–water partition coefficient (Wildman–Crippen LogP) is 3.03. The summed E-state index contributed by atoms with van der Waals surface area (Å²) in [5.74, 6) is 1.20. The van der Waals surface area contributed by atoms with E-state index in [9.17, 15) is 8.42 Å². The third kappa shape index (κ3) is 6.45. The van der Waals surface area contributed by atoms with Gasteiger partial charge in [-0.3, -0.25) is 0 Å². The molecule has 0 radical (unpaired) electrons. The largest absolute Gasteiger partial charge is 0.237 e. The molecule has 8 heteroatoms. The van der Waals surface area contributed by atoms with Gasteiger partial charge in [0.2, 0.25) is 10.0 Å². The van der Waals surface area contributed by atoms with E-state index in [-0.39, 0.29) is 4.91 Å². The molecule has 2 aromatic heterocycles. The molecule has 0 amide bonds. The van der Waals surface area contributed by atoms with Crippen LogP contribution in [0, 0.1) is 13.8 Å². The van der Waals surface area contributed by atoms with Gasteiger partial charge < -0.3 is 0 Å². The van der Waals surface area contributed by atoms with Crippen molar-refractivity contribution >= 4 is 21.2 Å². The summed E-state index contributed by atoms with van der Waals surface area (Å²) in [7, 11) is -3.66. The molecule has 0 fully saturated rings. The number of aryl methyl sites for hydroxylation is 2. The van der Waals surface area contributed by atoms with Gasteiger partial charge in [0.05, 0.1) is 4.91 Å². The smallest absolute Gasteiger partial charge is 0.234 e. The zero-order chi connectivity index (χ0) is 19.9. The minimum absolute atomic E-state index is 0.0892. The maximum absolute atomic E-state index is 11.1. The molecule has 0 spiro atoms. The van der Waals surface area contributed by atoms with E-state index in [2.05, 4.69) is 19.9 Å². The highest BCUT2D eigenvalue weighted by atomic mass is 32.2. The topological polar surface area (TPSA) is 112 Å². The van der Waals surface area contributed by atoms with Crippen molar-refractivity contribution in [3.63, 3.8) is 0 Å². The van der Waals surface area contributed by atoms with Crippen LogP contribution in [0.2, 0.25) is 0 Å². The Kier molecular flexibility index (Phi) is 7.73. The molecule has 0 atom stereocenters. The third-order valence-electron chi connectivity index (χ3n) is 3.64. The Hall–Kier alpha value is -2.45. The standard InChI is InChI=1S/C9H13N3O2S.C9H12N2/c1-6-4-11-9(12-5-6)7(2)8(3)15(10,13)14;1-4-8(3)9-10-5-7(2)6-11-9/h4-5H,1-3H3,(H2,10,13,14);4-6H,1-3H3/b8-7-;8-4-. The van der Waals surface area contributed by atoms with Gasteiger partial charge in [-0.15, -0.1) is 0 Å². The van der Waals surface area contributed by atoms with Crippen molar-refractivity contribution in [2.24, 2.45) is 5.14 Å². The number of allylic oxidation sites excluding steroid dienone is 4. The Morgan fingerprint density at radius 1 is 0.885 bits per heavy atom. The molecule has 0 unspecified atom stereocenters. The Morgan fingerprint density at radius 3 is 1.62 bits per heavy atom. The van der Waals surface area contributed by atoms with Crippen LogP contribution in [0.15, 0.2) is 35.8 Å². The van der Waals surface area contributed by atoms with Crippen LogP contribution in [0.3, 0.4) is 0 Å². The van der Waals surface area contributed by atoms with Crippen LogP contribution < -0.4 is 5.14 Å². The van der Waals surface area contributed by atoms with E-state index in [1.807, 2.05) is 46.2 Å². The lowest BCUT2D eigenvalue weighted by Crippen LogP contribution is -2.14. The highest BCUT2D eigenvalue weighted by Gasteiger charge is 2.12. The molecule has 2 N–H and O–H groups in total. The Morgan fingerprint density at radius 2 is 1.27 bits per heavy atom. The van der Waals surface area contributed by atoms with E-state index >= 15 is 0 Å². The minimum atomic E-state index is -3.66.